The smallest absolute Gasteiger partial charge is 0.0124 e. The van der Waals surface area contributed by atoms with E-state index in [-0.39, 0.29) is 0 Å². The normalized spacial score (nSPS) is 32.2. The molecule has 0 spiro atoms. The molecule has 72 valence electrons. The van der Waals surface area contributed by atoms with Crippen molar-refractivity contribution in [3.63, 3.8) is 0 Å². The molecule has 12 heavy (non-hydrogen) atoms. The highest BCUT2D eigenvalue weighted by atomic mass is 15.2. The summed E-state index contributed by atoms with van der Waals surface area (Å²) < 4.78 is 0. The summed E-state index contributed by atoms with van der Waals surface area (Å²) in [5.74, 6) is 1.72. The van der Waals surface area contributed by atoms with Crippen molar-refractivity contribution in [2.45, 2.75) is 53.1 Å². The first-order chi connectivity index (χ1) is 5.52. The number of rotatable bonds is 2. The molecule has 1 saturated heterocycles. The maximum atomic E-state index is 2.66. The van der Waals surface area contributed by atoms with Crippen LogP contribution in [-0.4, -0.2) is 23.5 Å². The molecular weight excluding hydrogens is 146 g/mol. The van der Waals surface area contributed by atoms with E-state index in [0.717, 1.165) is 23.9 Å². The van der Waals surface area contributed by atoms with Crippen LogP contribution < -0.4 is 0 Å². The van der Waals surface area contributed by atoms with Gasteiger partial charge in [-0.1, -0.05) is 20.8 Å². The Morgan fingerprint density at radius 1 is 1.17 bits per heavy atom. The molecule has 0 aromatic heterocycles. The Morgan fingerprint density at radius 2 is 1.75 bits per heavy atom. The van der Waals surface area contributed by atoms with E-state index in [1.807, 2.05) is 0 Å². The van der Waals surface area contributed by atoms with Gasteiger partial charge in [-0.15, -0.1) is 0 Å². The summed E-state index contributed by atoms with van der Waals surface area (Å²) in [6.07, 6.45) is 1.40. The minimum absolute atomic E-state index is 0.724. The maximum absolute atomic E-state index is 2.66. The fraction of sp³-hybridized carbons (Fsp3) is 1.00. The highest BCUT2D eigenvalue weighted by molar-refractivity contribution is 4.86. The van der Waals surface area contributed by atoms with Crippen LogP contribution in [0.4, 0.5) is 0 Å². The van der Waals surface area contributed by atoms with Crippen LogP contribution in [0, 0.1) is 11.8 Å². The number of hydrogen-bond acceptors (Lipinski definition) is 1. The van der Waals surface area contributed by atoms with Gasteiger partial charge in [-0.05, 0) is 32.1 Å². The van der Waals surface area contributed by atoms with Gasteiger partial charge in [0.2, 0.25) is 0 Å². The summed E-state index contributed by atoms with van der Waals surface area (Å²) in [6, 6.07) is 1.56. The lowest BCUT2D eigenvalue weighted by Gasteiger charge is -2.30. The molecule has 0 saturated carbocycles. The molecule has 0 aromatic rings. The van der Waals surface area contributed by atoms with E-state index in [9.17, 15) is 0 Å². The van der Waals surface area contributed by atoms with Crippen LogP contribution in [0.1, 0.15) is 41.0 Å². The second kappa shape index (κ2) is 3.78. The first-order valence-corrected chi connectivity index (χ1v) is 5.28. The molecule has 0 radical (unpaired) electrons. The summed E-state index contributed by atoms with van der Waals surface area (Å²) in [5.41, 5.74) is 0. The Bertz CT molecular complexity index is 124. The van der Waals surface area contributed by atoms with Crippen molar-refractivity contribution in [2.75, 3.05) is 6.54 Å². The van der Waals surface area contributed by atoms with Crippen LogP contribution in [0.25, 0.3) is 0 Å². The van der Waals surface area contributed by atoms with Gasteiger partial charge in [0.15, 0.2) is 0 Å². The van der Waals surface area contributed by atoms with Gasteiger partial charge in [0, 0.05) is 18.6 Å². The maximum Gasteiger partial charge on any atom is 0.0124 e. The molecule has 0 amide bonds. The third-order valence-corrected chi connectivity index (χ3v) is 3.03. The highest BCUT2D eigenvalue weighted by Gasteiger charge is 2.32. The fourth-order valence-electron chi connectivity index (χ4n) is 2.37. The van der Waals surface area contributed by atoms with E-state index in [0.29, 0.717) is 0 Å². The van der Waals surface area contributed by atoms with Gasteiger partial charge in [-0.3, -0.25) is 4.90 Å². The Kier molecular flexibility index (Phi) is 3.16. The van der Waals surface area contributed by atoms with E-state index < -0.39 is 0 Å². The van der Waals surface area contributed by atoms with Gasteiger partial charge in [0.05, 0.1) is 0 Å². The lowest BCUT2D eigenvalue weighted by Crippen LogP contribution is -2.38. The molecule has 1 heterocycles. The molecule has 1 heteroatoms. The molecule has 2 atom stereocenters. The summed E-state index contributed by atoms with van der Waals surface area (Å²) in [7, 11) is 0. The summed E-state index contributed by atoms with van der Waals surface area (Å²) in [5, 5.41) is 0. The van der Waals surface area contributed by atoms with Gasteiger partial charge in [0.1, 0.15) is 0 Å². The molecular formula is C11H23N. The molecule has 1 fully saturated rings. The second-order valence-corrected chi connectivity index (χ2v) is 4.94. The van der Waals surface area contributed by atoms with Crippen molar-refractivity contribution in [3.8, 4) is 0 Å². The van der Waals surface area contributed by atoms with Crippen molar-refractivity contribution < 1.29 is 0 Å². The largest absolute Gasteiger partial charge is 0.297 e. The molecule has 1 aliphatic rings. The molecule has 1 nitrogen and oxygen atoms in total. The van der Waals surface area contributed by atoms with Crippen LogP contribution >= 0.6 is 0 Å². The fourth-order valence-corrected chi connectivity index (χ4v) is 2.37. The van der Waals surface area contributed by atoms with Crippen molar-refractivity contribution in [3.05, 3.63) is 0 Å². The average molecular weight is 169 g/mol. The Labute approximate surface area is 77.1 Å². The van der Waals surface area contributed by atoms with E-state index in [1.165, 1.54) is 13.0 Å². The minimum Gasteiger partial charge on any atom is -0.297 e. The van der Waals surface area contributed by atoms with E-state index in [1.54, 1.807) is 0 Å². The van der Waals surface area contributed by atoms with E-state index in [4.69, 9.17) is 0 Å². The summed E-state index contributed by atoms with van der Waals surface area (Å²) in [6.45, 7) is 13.0. The predicted molar refractivity (Wildman–Crippen MR) is 54.2 cm³/mol. The van der Waals surface area contributed by atoms with Crippen LogP contribution in [0.5, 0.6) is 0 Å². The lowest BCUT2D eigenvalue weighted by atomic mass is 9.98. The quantitative estimate of drug-likeness (QED) is 0.614. The zero-order valence-electron chi connectivity index (χ0n) is 9.17. The zero-order chi connectivity index (χ0) is 9.30. The Balaban J connectivity index is 2.59. The van der Waals surface area contributed by atoms with Gasteiger partial charge in [0.25, 0.3) is 0 Å². The number of hydrogen-bond donors (Lipinski definition) is 0. The minimum atomic E-state index is 0.724. The summed E-state index contributed by atoms with van der Waals surface area (Å²) in [4.78, 5) is 2.66. The molecule has 0 aliphatic carbocycles. The Morgan fingerprint density at radius 3 is 2.08 bits per heavy atom. The number of likely N-dealkylation sites (tertiary alicyclic amines) is 1. The Hall–Kier alpha value is -0.0400. The van der Waals surface area contributed by atoms with Crippen molar-refractivity contribution in [2.24, 2.45) is 11.8 Å². The third-order valence-electron chi connectivity index (χ3n) is 3.03. The van der Waals surface area contributed by atoms with Gasteiger partial charge in [-0.25, -0.2) is 0 Å². The van der Waals surface area contributed by atoms with Crippen LogP contribution in [0.15, 0.2) is 0 Å². The van der Waals surface area contributed by atoms with E-state index >= 15 is 0 Å². The van der Waals surface area contributed by atoms with Crippen LogP contribution in [0.3, 0.4) is 0 Å². The van der Waals surface area contributed by atoms with Crippen LogP contribution in [-0.2, 0) is 0 Å². The topological polar surface area (TPSA) is 3.24 Å². The molecule has 0 bridgehead atoms. The van der Waals surface area contributed by atoms with Crippen molar-refractivity contribution >= 4 is 0 Å². The third kappa shape index (κ3) is 2.01. The number of nitrogens with zero attached hydrogens (tertiary/aromatic N) is 1. The molecule has 0 N–H and O–H groups in total. The molecule has 0 unspecified atom stereocenters. The molecule has 0 aromatic carbocycles. The molecule has 1 aliphatic heterocycles. The summed E-state index contributed by atoms with van der Waals surface area (Å²) >= 11 is 0. The standard InChI is InChI=1S/C11H23N/c1-8(2)11-6-10(5)7-12(11)9(3)4/h8-11H,6-7H2,1-5H3/t10-,11+/m1/s1. The second-order valence-electron chi connectivity index (χ2n) is 4.94. The first kappa shape index (κ1) is 10.0. The van der Waals surface area contributed by atoms with Crippen molar-refractivity contribution in [1.29, 1.82) is 0 Å². The molecule has 1 rings (SSSR count). The van der Waals surface area contributed by atoms with E-state index in [2.05, 4.69) is 39.5 Å². The van der Waals surface area contributed by atoms with Crippen molar-refractivity contribution in [1.82, 2.24) is 4.90 Å². The monoisotopic (exact) mass is 169 g/mol. The highest BCUT2D eigenvalue weighted by Crippen LogP contribution is 2.29. The predicted octanol–water partition coefficient (Wildman–Crippen LogP) is 2.76. The lowest BCUT2D eigenvalue weighted by molar-refractivity contribution is 0.164. The van der Waals surface area contributed by atoms with Gasteiger partial charge < -0.3 is 0 Å². The van der Waals surface area contributed by atoms with Gasteiger partial charge >= 0.3 is 0 Å². The average Bonchev–Trinajstić information content (AvgIpc) is 2.31. The zero-order valence-corrected chi connectivity index (χ0v) is 9.17. The SMILES string of the molecule is CC(C)[C@@H]1C[C@@H](C)CN1C(C)C. The van der Waals surface area contributed by atoms with Gasteiger partial charge in [-0.2, -0.15) is 0 Å². The first-order valence-electron chi connectivity index (χ1n) is 5.28. The van der Waals surface area contributed by atoms with Crippen LogP contribution in [0.2, 0.25) is 0 Å².